The largest absolute Gasteiger partial charge is 0.394 e. The maximum Gasteiger partial charge on any atom is 0.0697 e. The number of aliphatic hydroxyl groups excluding tert-OH is 1. The minimum Gasteiger partial charge on any atom is -0.394 e. The number of hydrogen-bond acceptors (Lipinski definition) is 2. The minimum atomic E-state index is 0. The first-order valence-corrected chi connectivity index (χ1v) is 5.03. The van der Waals surface area contributed by atoms with Crippen LogP contribution in [0.2, 0.25) is 0 Å². The Morgan fingerprint density at radius 3 is 2.46 bits per heavy atom. The van der Waals surface area contributed by atoms with E-state index in [4.69, 9.17) is 9.84 Å². The molecular weight excluding hydrogens is 217 g/mol. The van der Waals surface area contributed by atoms with Gasteiger partial charge in [-0.25, -0.2) is 0 Å². The van der Waals surface area contributed by atoms with E-state index in [1.54, 1.807) is 0 Å². The Hall–Kier alpha value is 0.543. The fourth-order valence-electron chi connectivity index (χ4n) is 1.21. The summed E-state index contributed by atoms with van der Waals surface area (Å²) < 4.78 is 5.28. The Morgan fingerprint density at radius 1 is 1.31 bits per heavy atom. The van der Waals surface area contributed by atoms with Gasteiger partial charge in [0.2, 0.25) is 0 Å². The van der Waals surface area contributed by atoms with Crippen LogP contribution < -0.4 is 0 Å². The van der Waals surface area contributed by atoms with Gasteiger partial charge < -0.3 is 9.84 Å². The molecule has 0 aliphatic rings. The predicted molar refractivity (Wildman–Crippen MR) is 51.2 cm³/mol. The van der Waals surface area contributed by atoms with Crippen LogP contribution in [0.3, 0.4) is 0 Å². The van der Waals surface area contributed by atoms with Crippen molar-refractivity contribution in [2.45, 2.75) is 39.5 Å². The molecule has 0 aromatic heterocycles. The van der Waals surface area contributed by atoms with Gasteiger partial charge in [-0.2, -0.15) is 0 Å². The summed E-state index contributed by atoms with van der Waals surface area (Å²) in [6.07, 6.45) is 5.00. The number of aliphatic hydroxyl groups is 1. The average molecular weight is 240 g/mol. The Morgan fingerprint density at radius 2 is 2.00 bits per heavy atom. The molecule has 0 aromatic rings. The van der Waals surface area contributed by atoms with Crippen LogP contribution in [0.1, 0.15) is 39.5 Å². The summed E-state index contributed by atoms with van der Waals surface area (Å²) in [7, 11) is 0. The van der Waals surface area contributed by atoms with Crippen LogP contribution in [-0.4, -0.2) is 24.9 Å². The summed E-state index contributed by atoms with van der Waals surface area (Å²) in [4.78, 5) is 0. The molecule has 0 rings (SSSR count). The summed E-state index contributed by atoms with van der Waals surface area (Å²) in [5.41, 5.74) is 0. The molecular formula is C10H22O2Zn. The topological polar surface area (TPSA) is 29.5 Å². The molecule has 13 heavy (non-hydrogen) atoms. The van der Waals surface area contributed by atoms with Gasteiger partial charge in [0.05, 0.1) is 13.2 Å². The summed E-state index contributed by atoms with van der Waals surface area (Å²) in [6, 6.07) is 0. The van der Waals surface area contributed by atoms with Crippen molar-refractivity contribution in [3.63, 3.8) is 0 Å². The van der Waals surface area contributed by atoms with Crippen molar-refractivity contribution in [2.24, 2.45) is 5.92 Å². The summed E-state index contributed by atoms with van der Waals surface area (Å²) >= 11 is 0. The molecule has 0 heterocycles. The zero-order valence-electron chi connectivity index (χ0n) is 9.09. The summed E-state index contributed by atoms with van der Waals surface area (Å²) in [5, 5.41) is 8.50. The molecule has 0 saturated carbocycles. The van der Waals surface area contributed by atoms with Crippen LogP contribution >= 0.6 is 0 Å². The fourth-order valence-corrected chi connectivity index (χ4v) is 1.21. The van der Waals surface area contributed by atoms with Gasteiger partial charge in [0.1, 0.15) is 0 Å². The molecule has 0 aliphatic heterocycles. The molecule has 0 amide bonds. The normalized spacial score (nSPS) is 12.2. The fraction of sp³-hybridized carbons (Fsp3) is 1.00. The Labute approximate surface area is 94.8 Å². The van der Waals surface area contributed by atoms with Crippen LogP contribution in [0.5, 0.6) is 0 Å². The van der Waals surface area contributed by atoms with Gasteiger partial charge >= 0.3 is 0 Å². The van der Waals surface area contributed by atoms with E-state index >= 15 is 0 Å². The number of unbranched alkanes of at least 4 members (excludes halogenated alkanes) is 1. The van der Waals surface area contributed by atoms with Crippen molar-refractivity contribution in [2.75, 3.05) is 19.8 Å². The van der Waals surface area contributed by atoms with Crippen molar-refractivity contribution >= 4 is 0 Å². The predicted octanol–water partition coefficient (Wildman–Crippen LogP) is 2.21. The molecule has 0 bridgehead atoms. The molecule has 1 N–H and O–H groups in total. The smallest absolute Gasteiger partial charge is 0.0697 e. The van der Waals surface area contributed by atoms with Gasteiger partial charge in [0.15, 0.2) is 0 Å². The van der Waals surface area contributed by atoms with Crippen LogP contribution in [0.4, 0.5) is 0 Å². The second kappa shape index (κ2) is 12.5. The summed E-state index contributed by atoms with van der Waals surface area (Å²) in [5.74, 6) is 0.691. The Kier molecular flexibility index (Phi) is 15.4. The van der Waals surface area contributed by atoms with E-state index in [0.29, 0.717) is 12.5 Å². The first-order valence-electron chi connectivity index (χ1n) is 5.03. The molecule has 0 fully saturated rings. The van der Waals surface area contributed by atoms with Gasteiger partial charge in [0, 0.05) is 26.1 Å². The van der Waals surface area contributed by atoms with Crippen LogP contribution in [0.25, 0.3) is 0 Å². The summed E-state index contributed by atoms with van der Waals surface area (Å²) in [6.45, 7) is 5.85. The standard InChI is InChI=1S/C10H22O2.Zn/c1-3-5-6-10(4-2)9-12-8-7-11;/h10-11H,3-9H2,1-2H3;. The number of rotatable bonds is 8. The number of hydrogen-bond donors (Lipinski definition) is 1. The molecule has 0 radical (unpaired) electrons. The second-order valence-electron chi connectivity index (χ2n) is 3.22. The maximum absolute atomic E-state index is 8.50. The molecule has 1 atom stereocenters. The van der Waals surface area contributed by atoms with Crippen molar-refractivity contribution in [1.82, 2.24) is 0 Å². The van der Waals surface area contributed by atoms with E-state index in [-0.39, 0.29) is 26.1 Å². The first-order chi connectivity index (χ1) is 5.85. The molecule has 0 saturated heterocycles. The van der Waals surface area contributed by atoms with Crippen molar-refractivity contribution in [3.05, 3.63) is 0 Å². The van der Waals surface area contributed by atoms with E-state index in [1.807, 2.05) is 0 Å². The quantitative estimate of drug-likeness (QED) is 0.520. The number of ether oxygens (including phenoxy) is 1. The molecule has 3 heteroatoms. The third kappa shape index (κ3) is 10.5. The Balaban J connectivity index is 0. The van der Waals surface area contributed by atoms with Gasteiger partial charge in [0.25, 0.3) is 0 Å². The molecule has 1 unspecified atom stereocenters. The zero-order chi connectivity index (χ0) is 9.23. The van der Waals surface area contributed by atoms with Gasteiger partial charge in [-0.3, -0.25) is 0 Å². The van der Waals surface area contributed by atoms with Crippen LogP contribution in [0.15, 0.2) is 0 Å². The van der Waals surface area contributed by atoms with E-state index in [9.17, 15) is 0 Å². The van der Waals surface area contributed by atoms with Crippen LogP contribution in [0, 0.1) is 5.92 Å². The maximum atomic E-state index is 8.50. The van der Waals surface area contributed by atoms with Crippen molar-refractivity contribution in [1.29, 1.82) is 0 Å². The third-order valence-corrected chi connectivity index (χ3v) is 2.13. The van der Waals surface area contributed by atoms with Crippen molar-refractivity contribution < 1.29 is 29.3 Å². The molecule has 76 valence electrons. The van der Waals surface area contributed by atoms with Gasteiger partial charge in [-0.1, -0.05) is 33.1 Å². The monoisotopic (exact) mass is 238 g/mol. The molecule has 2 nitrogen and oxygen atoms in total. The van der Waals surface area contributed by atoms with Gasteiger partial charge in [-0.15, -0.1) is 0 Å². The average Bonchev–Trinajstić information content (AvgIpc) is 2.11. The minimum absolute atomic E-state index is 0. The van der Waals surface area contributed by atoms with Crippen molar-refractivity contribution in [3.8, 4) is 0 Å². The Bertz CT molecular complexity index is 89.0. The SMILES string of the molecule is CCCCC(CC)COCCO.[Zn]. The first kappa shape index (κ1) is 16.0. The zero-order valence-corrected chi connectivity index (χ0v) is 12.1. The molecule has 0 spiro atoms. The third-order valence-electron chi connectivity index (χ3n) is 2.13. The molecule has 0 aliphatic carbocycles. The van der Waals surface area contributed by atoms with Gasteiger partial charge in [-0.05, 0) is 12.3 Å². The van der Waals surface area contributed by atoms with E-state index in [1.165, 1.54) is 25.7 Å². The van der Waals surface area contributed by atoms with Crippen LogP contribution in [-0.2, 0) is 24.2 Å². The van der Waals surface area contributed by atoms with E-state index in [2.05, 4.69) is 13.8 Å². The van der Waals surface area contributed by atoms with E-state index in [0.717, 1.165) is 6.61 Å². The van der Waals surface area contributed by atoms with E-state index < -0.39 is 0 Å². The second-order valence-corrected chi connectivity index (χ2v) is 3.22. The molecule has 0 aromatic carbocycles.